The highest BCUT2D eigenvalue weighted by Crippen LogP contribution is 2.50. The van der Waals surface area contributed by atoms with Crippen molar-refractivity contribution >= 4 is 0 Å². The van der Waals surface area contributed by atoms with E-state index in [1.165, 1.54) is 36.8 Å². The van der Waals surface area contributed by atoms with E-state index < -0.39 is 0 Å². The topological polar surface area (TPSA) is 35.2 Å². The van der Waals surface area contributed by atoms with Crippen LogP contribution in [0.4, 0.5) is 0 Å². The first-order chi connectivity index (χ1) is 8.25. The van der Waals surface area contributed by atoms with Crippen molar-refractivity contribution in [2.75, 3.05) is 20.3 Å². The first-order valence-corrected chi connectivity index (χ1v) is 6.55. The fourth-order valence-electron chi connectivity index (χ4n) is 2.88. The van der Waals surface area contributed by atoms with Gasteiger partial charge in [-0.05, 0) is 36.8 Å². The van der Waals surface area contributed by atoms with Gasteiger partial charge in [0.15, 0.2) is 0 Å². The van der Waals surface area contributed by atoms with Crippen molar-refractivity contribution in [1.29, 1.82) is 0 Å². The number of ether oxygens (including phenoxy) is 1. The summed E-state index contributed by atoms with van der Waals surface area (Å²) < 4.78 is 5.33. The van der Waals surface area contributed by atoms with Crippen molar-refractivity contribution in [3.05, 3.63) is 35.4 Å². The quantitative estimate of drug-likeness (QED) is 0.844. The summed E-state index contributed by atoms with van der Waals surface area (Å²) in [6.07, 6.45) is 5.04. The third-order valence-corrected chi connectivity index (χ3v) is 4.63. The molecule has 0 radical (unpaired) electrons. The molecule has 2 N–H and O–H groups in total. The molecule has 0 unspecified atom stereocenters. The van der Waals surface area contributed by atoms with Gasteiger partial charge in [0.2, 0.25) is 0 Å². The number of hydrogen-bond acceptors (Lipinski definition) is 2. The van der Waals surface area contributed by atoms with E-state index in [0.717, 1.165) is 13.2 Å². The highest BCUT2D eigenvalue weighted by atomic mass is 16.5. The average Bonchev–Trinajstić information content (AvgIpc) is 3.26. The Labute approximate surface area is 103 Å². The van der Waals surface area contributed by atoms with E-state index in [1.807, 2.05) is 0 Å². The first-order valence-electron chi connectivity index (χ1n) is 6.55. The molecule has 92 valence electrons. The van der Waals surface area contributed by atoms with Gasteiger partial charge in [-0.2, -0.15) is 0 Å². The molecule has 2 aliphatic carbocycles. The van der Waals surface area contributed by atoms with Gasteiger partial charge >= 0.3 is 0 Å². The van der Waals surface area contributed by atoms with Crippen LogP contribution in [0.3, 0.4) is 0 Å². The lowest BCUT2D eigenvalue weighted by atomic mass is 9.91. The van der Waals surface area contributed by atoms with Crippen molar-refractivity contribution in [2.45, 2.75) is 36.5 Å². The molecule has 1 aromatic carbocycles. The fourth-order valence-corrected chi connectivity index (χ4v) is 2.88. The van der Waals surface area contributed by atoms with E-state index in [-0.39, 0.29) is 0 Å². The molecule has 1 aromatic rings. The lowest BCUT2D eigenvalue weighted by molar-refractivity contribution is 0.171. The molecule has 0 atom stereocenters. The van der Waals surface area contributed by atoms with Gasteiger partial charge in [-0.25, -0.2) is 0 Å². The maximum atomic E-state index is 5.86. The minimum Gasteiger partial charge on any atom is -0.384 e. The molecule has 2 nitrogen and oxygen atoms in total. The second kappa shape index (κ2) is 3.82. The van der Waals surface area contributed by atoms with Crippen LogP contribution in [0.25, 0.3) is 0 Å². The summed E-state index contributed by atoms with van der Waals surface area (Å²) in [4.78, 5) is 0. The van der Waals surface area contributed by atoms with E-state index in [0.29, 0.717) is 10.8 Å². The van der Waals surface area contributed by atoms with Crippen LogP contribution in [0, 0.1) is 0 Å². The molecule has 0 heterocycles. The first kappa shape index (κ1) is 11.2. The Bertz CT molecular complexity index is 401. The van der Waals surface area contributed by atoms with E-state index >= 15 is 0 Å². The molecular weight excluding hydrogens is 210 g/mol. The minimum atomic E-state index is 0.316. The van der Waals surface area contributed by atoms with Crippen LogP contribution in [0.5, 0.6) is 0 Å². The molecule has 2 saturated carbocycles. The Kier molecular flexibility index (Phi) is 2.53. The molecule has 0 amide bonds. The lowest BCUT2D eigenvalue weighted by Crippen LogP contribution is -2.20. The summed E-state index contributed by atoms with van der Waals surface area (Å²) in [5, 5.41) is 0. The SMILES string of the molecule is COCC1(c2ccc(C3(CN)CC3)cc2)CC1. The Morgan fingerprint density at radius 2 is 1.47 bits per heavy atom. The third kappa shape index (κ3) is 1.80. The Hall–Kier alpha value is -0.860. The summed E-state index contributed by atoms with van der Waals surface area (Å²) in [5.41, 5.74) is 9.38. The summed E-state index contributed by atoms with van der Waals surface area (Å²) >= 11 is 0. The normalized spacial score (nSPS) is 23.4. The maximum Gasteiger partial charge on any atom is 0.0559 e. The molecule has 0 bridgehead atoms. The van der Waals surface area contributed by atoms with Crippen LogP contribution in [0.15, 0.2) is 24.3 Å². The largest absolute Gasteiger partial charge is 0.384 e. The van der Waals surface area contributed by atoms with Crippen LogP contribution >= 0.6 is 0 Å². The molecule has 17 heavy (non-hydrogen) atoms. The van der Waals surface area contributed by atoms with Crippen molar-refractivity contribution < 1.29 is 4.74 Å². The van der Waals surface area contributed by atoms with Crippen LogP contribution in [0.2, 0.25) is 0 Å². The van der Waals surface area contributed by atoms with Crippen LogP contribution < -0.4 is 5.73 Å². The van der Waals surface area contributed by atoms with Gasteiger partial charge < -0.3 is 10.5 Å². The molecule has 0 spiro atoms. The van der Waals surface area contributed by atoms with E-state index in [9.17, 15) is 0 Å². The number of nitrogens with two attached hydrogens (primary N) is 1. The zero-order chi connectivity index (χ0) is 11.9. The van der Waals surface area contributed by atoms with E-state index in [1.54, 1.807) is 7.11 Å². The summed E-state index contributed by atoms with van der Waals surface area (Å²) in [5.74, 6) is 0. The van der Waals surface area contributed by atoms with E-state index in [2.05, 4.69) is 24.3 Å². The summed E-state index contributed by atoms with van der Waals surface area (Å²) in [7, 11) is 1.79. The molecule has 2 fully saturated rings. The number of rotatable bonds is 5. The monoisotopic (exact) mass is 231 g/mol. The van der Waals surface area contributed by atoms with Gasteiger partial charge in [0.1, 0.15) is 0 Å². The van der Waals surface area contributed by atoms with Gasteiger partial charge in [-0.15, -0.1) is 0 Å². The molecule has 2 aliphatic rings. The second-order valence-corrected chi connectivity index (χ2v) is 5.78. The van der Waals surface area contributed by atoms with Crippen molar-refractivity contribution in [2.24, 2.45) is 5.73 Å². The van der Waals surface area contributed by atoms with Crippen LogP contribution in [-0.2, 0) is 15.6 Å². The van der Waals surface area contributed by atoms with Crippen molar-refractivity contribution in [3.63, 3.8) is 0 Å². The smallest absolute Gasteiger partial charge is 0.0559 e. The molecule has 3 rings (SSSR count). The fraction of sp³-hybridized carbons (Fsp3) is 0.600. The highest BCUT2D eigenvalue weighted by Gasteiger charge is 2.45. The van der Waals surface area contributed by atoms with Gasteiger partial charge in [-0.1, -0.05) is 24.3 Å². The maximum absolute atomic E-state index is 5.86. The summed E-state index contributed by atoms with van der Waals surface area (Å²) in [6.45, 7) is 1.64. The standard InChI is InChI=1S/C15H21NO/c1-17-11-15(8-9-15)13-4-2-12(3-5-13)14(10-16)6-7-14/h2-5H,6-11,16H2,1H3. The third-order valence-electron chi connectivity index (χ3n) is 4.63. The Balaban J connectivity index is 1.81. The number of hydrogen-bond donors (Lipinski definition) is 1. The zero-order valence-corrected chi connectivity index (χ0v) is 10.5. The molecule has 2 heteroatoms. The van der Waals surface area contributed by atoms with Gasteiger partial charge in [-0.3, -0.25) is 0 Å². The average molecular weight is 231 g/mol. The Morgan fingerprint density at radius 1 is 1.00 bits per heavy atom. The predicted molar refractivity (Wildman–Crippen MR) is 69.2 cm³/mol. The predicted octanol–water partition coefficient (Wildman–Crippen LogP) is 2.35. The van der Waals surface area contributed by atoms with Crippen LogP contribution in [-0.4, -0.2) is 20.3 Å². The molecule has 0 aliphatic heterocycles. The zero-order valence-electron chi connectivity index (χ0n) is 10.5. The second-order valence-electron chi connectivity index (χ2n) is 5.78. The molecule has 0 saturated heterocycles. The molecule has 0 aromatic heterocycles. The van der Waals surface area contributed by atoms with Crippen LogP contribution in [0.1, 0.15) is 36.8 Å². The van der Waals surface area contributed by atoms with Gasteiger partial charge in [0, 0.05) is 24.5 Å². The Morgan fingerprint density at radius 3 is 1.82 bits per heavy atom. The lowest BCUT2D eigenvalue weighted by Gasteiger charge is -2.17. The highest BCUT2D eigenvalue weighted by molar-refractivity contribution is 5.39. The van der Waals surface area contributed by atoms with Crippen molar-refractivity contribution in [1.82, 2.24) is 0 Å². The van der Waals surface area contributed by atoms with Crippen molar-refractivity contribution in [3.8, 4) is 0 Å². The van der Waals surface area contributed by atoms with E-state index in [4.69, 9.17) is 10.5 Å². The number of methoxy groups -OCH3 is 1. The summed E-state index contributed by atoms with van der Waals surface area (Å²) in [6, 6.07) is 9.14. The molecular formula is C15H21NO. The van der Waals surface area contributed by atoms with Gasteiger partial charge in [0.05, 0.1) is 6.61 Å². The number of benzene rings is 1. The van der Waals surface area contributed by atoms with Gasteiger partial charge in [0.25, 0.3) is 0 Å². The minimum absolute atomic E-state index is 0.316.